The molecule has 0 aliphatic carbocycles. The fourth-order valence-corrected chi connectivity index (χ4v) is 2.77. The third-order valence-electron chi connectivity index (χ3n) is 3.57. The molecule has 0 amide bonds. The highest BCUT2D eigenvalue weighted by Gasteiger charge is 2.20. The maximum atomic E-state index is 6.31. The van der Waals surface area contributed by atoms with Gasteiger partial charge in [0.2, 0.25) is 5.95 Å². The van der Waals surface area contributed by atoms with Crippen molar-refractivity contribution < 1.29 is 0 Å². The van der Waals surface area contributed by atoms with Crippen LogP contribution in [0.4, 0.5) is 17.5 Å². The van der Waals surface area contributed by atoms with Crippen LogP contribution in [0.2, 0.25) is 5.02 Å². The van der Waals surface area contributed by atoms with Crippen molar-refractivity contribution in [1.29, 1.82) is 0 Å². The molecule has 0 spiro atoms. The molecule has 0 radical (unpaired) electrons. The van der Waals surface area contributed by atoms with E-state index in [0.29, 0.717) is 11.0 Å². The van der Waals surface area contributed by atoms with Crippen LogP contribution in [0.3, 0.4) is 0 Å². The van der Waals surface area contributed by atoms with Crippen molar-refractivity contribution in [3.8, 4) is 0 Å². The molecule has 1 aromatic carbocycles. The summed E-state index contributed by atoms with van der Waals surface area (Å²) in [5.74, 6) is 1.37. The van der Waals surface area contributed by atoms with Crippen LogP contribution < -0.4 is 10.2 Å². The number of para-hydroxylation sites is 1. The number of rotatable bonds is 2. The first-order chi connectivity index (χ1) is 9.79. The van der Waals surface area contributed by atoms with E-state index in [-0.39, 0.29) is 0 Å². The van der Waals surface area contributed by atoms with Gasteiger partial charge in [-0.3, -0.25) is 0 Å². The maximum absolute atomic E-state index is 6.31. The minimum atomic E-state index is 0.584. The Kier molecular flexibility index (Phi) is 3.74. The predicted molar refractivity (Wildman–Crippen MR) is 83.0 cm³/mol. The minimum Gasteiger partial charge on any atom is -0.357 e. The second kappa shape index (κ2) is 5.67. The molecule has 2 aromatic rings. The van der Waals surface area contributed by atoms with E-state index in [4.69, 9.17) is 11.6 Å². The number of benzene rings is 1. The molecule has 3 rings (SSSR count). The van der Waals surface area contributed by atoms with Crippen LogP contribution in [-0.4, -0.2) is 23.6 Å². The summed E-state index contributed by atoms with van der Waals surface area (Å²) in [7, 11) is 1.81. The molecule has 1 aliphatic heterocycles. The van der Waals surface area contributed by atoms with Crippen LogP contribution in [0.5, 0.6) is 0 Å². The van der Waals surface area contributed by atoms with Gasteiger partial charge in [0.15, 0.2) is 5.82 Å². The molecule has 5 heteroatoms. The van der Waals surface area contributed by atoms with E-state index in [1.165, 1.54) is 17.7 Å². The lowest BCUT2D eigenvalue weighted by Gasteiger charge is -2.25. The van der Waals surface area contributed by atoms with E-state index < -0.39 is 0 Å². The van der Waals surface area contributed by atoms with Crippen molar-refractivity contribution in [1.82, 2.24) is 9.97 Å². The predicted octanol–water partition coefficient (Wildman–Crippen LogP) is 3.65. The summed E-state index contributed by atoms with van der Waals surface area (Å²) in [4.78, 5) is 10.9. The molecular weight excluding hydrogens is 272 g/mol. The zero-order chi connectivity index (χ0) is 13.9. The summed E-state index contributed by atoms with van der Waals surface area (Å²) < 4.78 is 0. The van der Waals surface area contributed by atoms with Gasteiger partial charge in [-0.05, 0) is 30.9 Å². The zero-order valence-electron chi connectivity index (χ0n) is 11.4. The van der Waals surface area contributed by atoms with Gasteiger partial charge in [-0.25, -0.2) is 4.98 Å². The Morgan fingerprint density at radius 2 is 2.10 bits per heavy atom. The molecule has 0 bridgehead atoms. The normalized spacial score (nSPS) is 14.6. The Bertz CT molecular complexity index is 615. The Balaban J connectivity index is 2.09. The summed E-state index contributed by atoms with van der Waals surface area (Å²) in [6.07, 6.45) is 5.08. The van der Waals surface area contributed by atoms with Gasteiger partial charge in [-0.1, -0.05) is 29.8 Å². The van der Waals surface area contributed by atoms with Gasteiger partial charge >= 0.3 is 0 Å². The molecule has 0 saturated carbocycles. The highest BCUT2D eigenvalue weighted by atomic mass is 35.5. The molecule has 1 aromatic heterocycles. The van der Waals surface area contributed by atoms with Gasteiger partial charge in [-0.2, -0.15) is 4.98 Å². The van der Waals surface area contributed by atoms with E-state index in [2.05, 4.69) is 44.5 Å². The fourth-order valence-electron chi connectivity index (χ4n) is 2.58. The SMILES string of the molecule is CNc1ncc(Cl)c(N2CCCCc3ccccc32)n1. The molecular formula is C15H17ClN4. The molecule has 1 aliphatic rings. The quantitative estimate of drug-likeness (QED) is 0.916. The molecule has 0 unspecified atom stereocenters. The smallest absolute Gasteiger partial charge is 0.224 e. The fraction of sp³-hybridized carbons (Fsp3) is 0.333. The van der Waals surface area contributed by atoms with Crippen molar-refractivity contribution in [3.63, 3.8) is 0 Å². The van der Waals surface area contributed by atoms with Crippen LogP contribution in [0, 0.1) is 0 Å². The number of nitrogens with zero attached hydrogens (tertiary/aromatic N) is 3. The highest BCUT2D eigenvalue weighted by Crippen LogP contribution is 2.35. The molecule has 104 valence electrons. The van der Waals surface area contributed by atoms with Crippen LogP contribution in [0.25, 0.3) is 0 Å². The van der Waals surface area contributed by atoms with Crippen molar-refractivity contribution in [2.75, 3.05) is 23.8 Å². The minimum absolute atomic E-state index is 0.584. The van der Waals surface area contributed by atoms with Crippen LogP contribution in [0.1, 0.15) is 18.4 Å². The first-order valence-corrected chi connectivity index (χ1v) is 7.23. The van der Waals surface area contributed by atoms with Gasteiger partial charge in [0.1, 0.15) is 5.02 Å². The number of hydrogen-bond acceptors (Lipinski definition) is 4. The average Bonchev–Trinajstić information content (AvgIpc) is 2.70. The average molecular weight is 289 g/mol. The number of hydrogen-bond donors (Lipinski definition) is 1. The van der Waals surface area contributed by atoms with Gasteiger partial charge in [0, 0.05) is 19.3 Å². The van der Waals surface area contributed by atoms with Crippen molar-refractivity contribution >= 4 is 29.1 Å². The van der Waals surface area contributed by atoms with Crippen molar-refractivity contribution in [2.45, 2.75) is 19.3 Å². The lowest BCUT2D eigenvalue weighted by Crippen LogP contribution is -2.20. The van der Waals surface area contributed by atoms with Gasteiger partial charge in [0.05, 0.1) is 6.20 Å². The van der Waals surface area contributed by atoms with Gasteiger partial charge < -0.3 is 10.2 Å². The Morgan fingerprint density at radius 1 is 1.25 bits per heavy atom. The van der Waals surface area contributed by atoms with Crippen LogP contribution >= 0.6 is 11.6 Å². The van der Waals surface area contributed by atoms with Crippen molar-refractivity contribution in [3.05, 3.63) is 41.0 Å². The Labute approximate surface area is 123 Å². The molecule has 2 heterocycles. The molecule has 0 atom stereocenters. The summed E-state index contributed by atoms with van der Waals surface area (Å²) in [6.45, 7) is 0.927. The topological polar surface area (TPSA) is 41.1 Å². The first kappa shape index (κ1) is 13.2. The standard InChI is InChI=1S/C15H17ClN4/c1-17-15-18-10-12(16)14(19-15)20-9-5-4-7-11-6-2-3-8-13(11)20/h2-3,6,8,10H,4-5,7,9H2,1H3,(H,17,18,19). The molecule has 0 fully saturated rings. The third kappa shape index (κ3) is 2.43. The first-order valence-electron chi connectivity index (χ1n) is 6.85. The second-order valence-corrected chi connectivity index (χ2v) is 5.26. The van der Waals surface area contributed by atoms with Crippen molar-refractivity contribution in [2.24, 2.45) is 0 Å². The van der Waals surface area contributed by atoms with Crippen LogP contribution in [-0.2, 0) is 6.42 Å². The summed E-state index contributed by atoms with van der Waals surface area (Å²) >= 11 is 6.31. The number of halogens is 1. The Morgan fingerprint density at radius 3 is 2.95 bits per heavy atom. The number of aryl methyl sites for hydroxylation is 1. The molecule has 0 saturated heterocycles. The summed E-state index contributed by atoms with van der Waals surface area (Å²) in [5, 5.41) is 3.55. The summed E-state index contributed by atoms with van der Waals surface area (Å²) in [5.41, 5.74) is 2.55. The number of nitrogens with one attached hydrogen (secondary N) is 1. The van der Waals surface area contributed by atoms with E-state index in [1.54, 1.807) is 6.20 Å². The largest absolute Gasteiger partial charge is 0.357 e. The summed E-state index contributed by atoms with van der Waals surface area (Å²) in [6, 6.07) is 8.47. The van der Waals surface area contributed by atoms with Crippen LogP contribution in [0.15, 0.2) is 30.5 Å². The lowest BCUT2D eigenvalue weighted by atomic mass is 10.1. The Hall–Kier alpha value is -1.81. The number of fused-ring (bicyclic) bond motifs is 1. The number of aromatic nitrogens is 2. The van der Waals surface area contributed by atoms with Gasteiger partial charge in [0.25, 0.3) is 0 Å². The number of anilines is 3. The van der Waals surface area contributed by atoms with E-state index in [0.717, 1.165) is 25.2 Å². The van der Waals surface area contributed by atoms with E-state index >= 15 is 0 Å². The zero-order valence-corrected chi connectivity index (χ0v) is 12.2. The molecule has 20 heavy (non-hydrogen) atoms. The van der Waals surface area contributed by atoms with E-state index in [1.807, 2.05) is 7.05 Å². The molecule has 1 N–H and O–H groups in total. The third-order valence-corrected chi connectivity index (χ3v) is 3.83. The lowest BCUT2D eigenvalue weighted by molar-refractivity contribution is 0.757. The molecule has 4 nitrogen and oxygen atoms in total. The van der Waals surface area contributed by atoms with E-state index in [9.17, 15) is 0 Å². The maximum Gasteiger partial charge on any atom is 0.224 e. The highest BCUT2D eigenvalue weighted by molar-refractivity contribution is 6.33. The second-order valence-electron chi connectivity index (χ2n) is 4.85. The van der Waals surface area contributed by atoms with Gasteiger partial charge in [-0.15, -0.1) is 0 Å². The monoisotopic (exact) mass is 288 g/mol.